The third kappa shape index (κ3) is 5.27. The number of benzene rings is 2. The maximum absolute atomic E-state index is 11.6. The smallest absolute Gasteiger partial charge is 0.323 e. The van der Waals surface area contributed by atoms with E-state index in [4.69, 9.17) is 26.8 Å². The van der Waals surface area contributed by atoms with Crippen molar-refractivity contribution in [2.45, 2.75) is 26.0 Å². The minimum absolute atomic E-state index is 0.319. The molecule has 0 radical (unpaired) electrons. The predicted octanol–water partition coefficient (Wildman–Crippen LogP) is 3.35. The number of carbonyl (C=O) groups excluding carboxylic acids is 1. The number of nitrogens with two attached hydrogens (primary N) is 1. The zero-order chi connectivity index (χ0) is 16.7. The summed E-state index contributed by atoms with van der Waals surface area (Å²) in [6.45, 7) is 2.52. The van der Waals surface area contributed by atoms with E-state index in [1.54, 1.807) is 19.1 Å². The first-order chi connectivity index (χ1) is 11.1. The van der Waals surface area contributed by atoms with Gasteiger partial charge in [-0.1, -0.05) is 48.0 Å². The lowest BCUT2D eigenvalue weighted by molar-refractivity contribution is -0.144. The van der Waals surface area contributed by atoms with Crippen LogP contribution in [0.15, 0.2) is 48.5 Å². The van der Waals surface area contributed by atoms with Gasteiger partial charge < -0.3 is 15.2 Å². The Hall–Kier alpha value is -2.04. The molecule has 0 aliphatic rings. The molecule has 2 aromatic rings. The average molecular weight is 334 g/mol. The van der Waals surface area contributed by atoms with Crippen LogP contribution in [0.25, 0.3) is 0 Å². The van der Waals surface area contributed by atoms with Crippen LogP contribution in [0.2, 0.25) is 5.02 Å². The fourth-order valence-electron chi connectivity index (χ4n) is 2.11. The second-order valence-corrected chi connectivity index (χ2v) is 5.51. The van der Waals surface area contributed by atoms with Crippen molar-refractivity contribution in [3.63, 3.8) is 0 Å². The summed E-state index contributed by atoms with van der Waals surface area (Å²) in [5.74, 6) is 0.192. The largest absolute Gasteiger partial charge is 0.487 e. The van der Waals surface area contributed by atoms with Crippen molar-refractivity contribution in [1.82, 2.24) is 0 Å². The van der Waals surface area contributed by atoms with Crippen LogP contribution in [0.5, 0.6) is 5.75 Å². The van der Waals surface area contributed by atoms with E-state index < -0.39 is 12.0 Å². The molecule has 122 valence electrons. The molecule has 0 aromatic heterocycles. The van der Waals surface area contributed by atoms with Crippen molar-refractivity contribution < 1.29 is 14.3 Å². The van der Waals surface area contributed by atoms with Gasteiger partial charge in [-0.3, -0.25) is 4.79 Å². The number of hydrogen-bond donors (Lipinski definition) is 1. The van der Waals surface area contributed by atoms with Crippen molar-refractivity contribution in [3.8, 4) is 5.75 Å². The summed E-state index contributed by atoms with van der Waals surface area (Å²) in [7, 11) is 0. The Labute approximate surface area is 141 Å². The normalized spacial score (nSPS) is 11.8. The lowest BCUT2D eigenvalue weighted by atomic mass is 10.1. The lowest BCUT2D eigenvalue weighted by Crippen LogP contribution is -2.34. The molecule has 0 saturated heterocycles. The molecule has 2 N–H and O–H groups in total. The van der Waals surface area contributed by atoms with Crippen LogP contribution in [0, 0.1) is 0 Å². The molecular formula is C18H20ClNO3. The molecule has 0 bridgehead atoms. The zero-order valence-electron chi connectivity index (χ0n) is 13.0. The Morgan fingerprint density at radius 2 is 1.91 bits per heavy atom. The third-order valence-corrected chi connectivity index (χ3v) is 3.57. The molecule has 0 aliphatic carbocycles. The van der Waals surface area contributed by atoms with Crippen molar-refractivity contribution >= 4 is 17.6 Å². The van der Waals surface area contributed by atoms with Gasteiger partial charge >= 0.3 is 5.97 Å². The zero-order valence-corrected chi connectivity index (χ0v) is 13.8. The first-order valence-corrected chi connectivity index (χ1v) is 7.85. The van der Waals surface area contributed by atoms with Crippen LogP contribution < -0.4 is 10.5 Å². The summed E-state index contributed by atoms with van der Waals surface area (Å²) in [5, 5.41) is 0.495. The predicted molar refractivity (Wildman–Crippen MR) is 90.5 cm³/mol. The van der Waals surface area contributed by atoms with E-state index in [0.717, 1.165) is 11.1 Å². The monoisotopic (exact) mass is 333 g/mol. The van der Waals surface area contributed by atoms with E-state index in [1.165, 1.54) is 0 Å². The van der Waals surface area contributed by atoms with Gasteiger partial charge in [-0.05, 0) is 36.6 Å². The maximum atomic E-state index is 11.6. The van der Waals surface area contributed by atoms with Gasteiger partial charge in [-0.2, -0.15) is 0 Å². The molecule has 1 unspecified atom stereocenters. The minimum Gasteiger partial charge on any atom is -0.487 e. The summed E-state index contributed by atoms with van der Waals surface area (Å²) < 4.78 is 10.6. The fraction of sp³-hybridized carbons (Fsp3) is 0.278. The molecular weight excluding hydrogens is 314 g/mol. The Morgan fingerprint density at radius 1 is 1.17 bits per heavy atom. The molecule has 5 heteroatoms. The molecule has 2 aromatic carbocycles. The molecule has 0 spiro atoms. The standard InChI is InChI=1S/C18H20ClNO3/c1-2-22-18(21)16(20)11-14-8-9-17(15(19)10-14)23-12-13-6-4-3-5-7-13/h3-10,16H,2,11-12,20H2,1H3. The molecule has 23 heavy (non-hydrogen) atoms. The highest BCUT2D eigenvalue weighted by Gasteiger charge is 2.15. The average Bonchev–Trinajstić information content (AvgIpc) is 2.55. The Bertz CT molecular complexity index is 646. The van der Waals surface area contributed by atoms with Gasteiger partial charge in [-0.15, -0.1) is 0 Å². The van der Waals surface area contributed by atoms with E-state index >= 15 is 0 Å². The number of rotatable bonds is 7. The van der Waals surface area contributed by atoms with Crippen LogP contribution in [-0.2, 0) is 22.6 Å². The number of esters is 1. The quantitative estimate of drug-likeness (QED) is 0.789. The van der Waals surface area contributed by atoms with E-state index in [1.807, 2.05) is 36.4 Å². The van der Waals surface area contributed by atoms with Crippen molar-refractivity contribution in [2.24, 2.45) is 5.73 Å². The fourth-order valence-corrected chi connectivity index (χ4v) is 2.37. The number of hydrogen-bond acceptors (Lipinski definition) is 4. The SMILES string of the molecule is CCOC(=O)C(N)Cc1ccc(OCc2ccccc2)c(Cl)c1. The second-order valence-electron chi connectivity index (χ2n) is 5.10. The minimum atomic E-state index is -0.692. The highest BCUT2D eigenvalue weighted by Crippen LogP contribution is 2.26. The third-order valence-electron chi connectivity index (χ3n) is 3.28. The molecule has 0 saturated carbocycles. The molecule has 2 rings (SSSR count). The van der Waals surface area contributed by atoms with Gasteiger partial charge in [0.15, 0.2) is 0 Å². The number of halogens is 1. The summed E-state index contributed by atoms with van der Waals surface area (Å²) in [4.78, 5) is 11.6. The van der Waals surface area contributed by atoms with Crippen LogP contribution in [0.3, 0.4) is 0 Å². The highest BCUT2D eigenvalue weighted by atomic mass is 35.5. The van der Waals surface area contributed by atoms with Gasteiger partial charge in [0.2, 0.25) is 0 Å². The summed E-state index contributed by atoms with van der Waals surface area (Å²) in [6, 6.07) is 14.6. The lowest BCUT2D eigenvalue weighted by Gasteiger charge is -2.12. The van der Waals surface area contributed by atoms with Gasteiger partial charge in [0.1, 0.15) is 18.4 Å². The molecule has 0 fully saturated rings. The Balaban J connectivity index is 1.96. The van der Waals surface area contributed by atoms with Gasteiger partial charge in [-0.25, -0.2) is 0 Å². The van der Waals surface area contributed by atoms with Crippen LogP contribution in [0.4, 0.5) is 0 Å². The number of ether oxygens (including phenoxy) is 2. The number of carbonyl (C=O) groups is 1. The summed E-state index contributed by atoms with van der Waals surface area (Å²) in [5.41, 5.74) is 7.74. The van der Waals surface area contributed by atoms with Gasteiger partial charge in [0.25, 0.3) is 0 Å². The first kappa shape index (κ1) is 17.3. The van der Waals surface area contributed by atoms with Gasteiger partial charge in [0, 0.05) is 0 Å². The Morgan fingerprint density at radius 3 is 2.57 bits per heavy atom. The van der Waals surface area contributed by atoms with Crippen molar-refractivity contribution in [2.75, 3.05) is 6.61 Å². The van der Waals surface area contributed by atoms with Gasteiger partial charge in [0.05, 0.1) is 11.6 Å². The van der Waals surface area contributed by atoms with E-state index in [0.29, 0.717) is 30.4 Å². The molecule has 4 nitrogen and oxygen atoms in total. The summed E-state index contributed by atoms with van der Waals surface area (Å²) in [6.07, 6.45) is 0.373. The molecule has 0 aliphatic heterocycles. The topological polar surface area (TPSA) is 61.5 Å². The van der Waals surface area contributed by atoms with Crippen LogP contribution in [0.1, 0.15) is 18.1 Å². The maximum Gasteiger partial charge on any atom is 0.323 e. The van der Waals surface area contributed by atoms with Crippen molar-refractivity contribution in [3.05, 3.63) is 64.7 Å². The summed E-state index contributed by atoms with van der Waals surface area (Å²) >= 11 is 6.24. The first-order valence-electron chi connectivity index (χ1n) is 7.47. The van der Waals surface area contributed by atoms with Crippen LogP contribution >= 0.6 is 11.6 Å². The Kier molecular flexibility index (Phi) is 6.44. The van der Waals surface area contributed by atoms with E-state index in [2.05, 4.69) is 0 Å². The van der Waals surface area contributed by atoms with Crippen molar-refractivity contribution in [1.29, 1.82) is 0 Å². The van der Waals surface area contributed by atoms with E-state index in [9.17, 15) is 4.79 Å². The molecule has 0 heterocycles. The molecule has 1 atom stereocenters. The highest BCUT2D eigenvalue weighted by molar-refractivity contribution is 6.32. The van der Waals surface area contributed by atoms with Crippen LogP contribution in [-0.4, -0.2) is 18.6 Å². The molecule has 0 amide bonds. The van der Waals surface area contributed by atoms with E-state index in [-0.39, 0.29) is 0 Å². The second kappa shape index (κ2) is 8.56.